The standard InChI is InChI=1S/C18H17ClF2N6S/c1-9-2-4-26(5-3-9)17-14(15(19)25-18-23-8-24-27(17)18)13-11(20)6-10(16(22)28)7-12(13)21/h6-9H,2-5H2,1H3,(H2,22,28). The molecule has 0 unspecified atom stereocenters. The van der Waals surface area contributed by atoms with Gasteiger partial charge in [-0.15, -0.1) is 0 Å². The van der Waals surface area contributed by atoms with Gasteiger partial charge in [-0.1, -0.05) is 30.7 Å². The largest absolute Gasteiger partial charge is 0.389 e. The summed E-state index contributed by atoms with van der Waals surface area (Å²) in [5.74, 6) is -0.333. The fourth-order valence-corrected chi connectivity index (χ4v) is 3.86. The Morgan fingerprint density at radius 1 is 1.21 bits per heavy atom. The van der Waals surface area contributed by atoms with Crippen molar-refractivity contribution in [1.82, 2.24) is 19.6 Å². The summed E-state index contributed by atoms with van der Waals surface area (Å²) in [7, 11) is 0. The Labute approximate surface area is 170 Å². The van der Waals surface area contributed by atoms with Gasteiger partial charge in [-0.2, -0.15) is 19.6 Å². The molecule has 0 atom stereocenters. The minimum atomic E-state index is -0.822. The van der Waals surface area contributed by atoms with Crippen molar-refractivity contribution in [3.63, 3.8) is 0 Å². The summed E-state index contributed by atoms with van der Waals surface area (Å²) in [6, 6.07) is 2.20. The van der Waals surface area contributed by atoms with Crippen molar-refractivity contribution >= 4 is 40.4 Å². The molecule has 1 saturated heterocycles. The Bertz CT molecular complexity index is 1050. The molecular formula is C18H17ClF2N6S. The van der Waals surface area contributed by atoms with Crippen LogP contribution < -0.4 is 10.6 Å². The highest BCUT2D eigenvalue weighted by atomic mass is 35.5. The summed E-state index contributed by atoms with van der Waals surface area (Å²) in [6.45, 7) is 3.59. The second-order valence-electron chi connectivity index (χ2n) is 6.92. The van der Waals surface area contributed by atoms with E-state index in [0.29, 0.717) is 24.8 Å². The number of piperidine rings is 1. The van der Waals surface area contributed by atoms with Crippen LogP contribution in [0.15, 0.2) is 18.5 Å². The first-order chi connectivity index (χ1) is 13.4. The van der Waals surface area contributed by atoms with Crippen molar-refractivity contribution in [1.29, 1.82) is 0 Å². The predicted octanol–water partition coefficient (Wildman–Crippen LogP) is 3.59. The molecule has 2 aromatic heterocycles. The van der Waals surface area contributed by atoms with Crippen molar-refractivity contribution in [2.45, 2.75) is 19.8 Å². The molecule has 2 N–H and O–H groups in total. The van der Waals surface area contributed by atoms with E-state index in [2.05, 4.69) is 22.0 Å². The molecule has 28 heavy (non-hydrogen) atoms. The fourth-order valence-electron chi connectivity index (χ4n) is 3.48. The lowest BCUT2D eigenvalue weighted by atomic mass is 9.98. The Hall–Kier alpha value is -2.39. The highest BCUT2D eigenvalue weighted by molar-refractivity contribution is 7.80. The summed E-state index contributed by atoms with van der Waals surface area (Å²) in [4.78, 5) is 10.2. The van der Waals surface area contributed by atoms with Gasteiger partial charge in [-0.25, -0.2) is 8.78 Å². The molecule has 1 aliphatic rings. The van der Waals surface area contributed by atoms with Gasteiger partial charge in [0.15, 0.2) is 0 Å². The number of thiocarbonyl (C=S) groups is 1. The smallest absolute Gasteiger partial charge is 0.255 e. The minimum absolute atomic E-state index is 0.0463. The van der Waals surface area contributed by atoms with Crippen molar-refractivity contribution < 1.29 is 8.78 Å². The van der Waals surface area contributed by atoms with Gasteiger partial charge in [0.05, 0.1) is 11.1 Å². The molecule has 146 valence electrons. The van der Waals surface area contributed by atoms with E-state index < -0.39 is 11.6 Å². The van der Waals surface area contributed by atoms with Crippen molar-refractivity contribution in [3.8, 4) is 11.1 Å². The van der Waals surface area contributed by atoms with E-state index in [4.69, 9.17) is 29.6 Å². The predicted molar refractivity (Wildman–Crippen MR) is 108 cm³/mol. The molecule has 0 bridgehead atoms. The van der Waals surface area contributed by atoms with Crippen LogP contribution in [0.4, 0.5) is 14.6 Å². The van der Waals surface area contributed by atoms with E-state index in [1.165, 1.54) is 10.8 Å². The van der Waals surface area contributed by atoms with E-state index in [0.717, 1.165) is 25.0 Å². The summed E-state index contributed by atoms with van der Waals surface area (Å²) >= 11 is 11.2. The molecule has 0 spiro atoms. The van der Waals surface area contributed by atoms with Crippen molar-refractivity contribution in [2.75, 3.05) is 18.0 Å². The third-order valence-corrected chi connectivity index (χ3v) is 5.53. The average molecular weight is 423 g/mol. The van der Waals surface area contributed by atoms with Gasteiger partial charge in [-0.05, 0) is 30.9 Å². The summed E-state index contributed by atoms with van der Waals surface area (Å²) in [5.41, 5.74) is 5.47. The molecule has 10 heteroatoms. The third kappa shape index (κ3) is 3.18. The van der Waals surface area contributed by atoms with Gasteiger partial charge in [-0.3, -0.25) is 0 Å². The SMILES string of the molecule is CC1CCN(c2c(-c3c(F)cc(C(N)=S)cc3F)c(Cl)nc3ncnn23)CC1. The van der Waals surface area contributed by atoms with Gasteiger partial charge < -0.3 is 10.6 Å². The molecule has 1 fully saturated rings. The number of nitrogens with zero attached hydrogens (tertiary/aromatic N) is 5. The maximum Gasteiger partial charge on any atom is 0.255 e. The molecule has 0 radical (unpaired) electrons. The number of halogens is 3. The number of fused-ring (bicyclic) bond motifs is 1. The number of nitrogens with two attached hydrogens (primary N) is 1. The quantitative estimate of drug-likeness (QED) is 0.513. The molecule has 4 rings (SSSR count). The number of rotatable bonds is 3. The Balaban J connectivity index is 1.98. The average Bonchev–Trinajstić information content (AvgIpc) is 3.10. The second kappa shape index (κ2) is 7.21. The minimum Gasteiger partial charge on any atom is -0.389 e. The van der Waals surface area contributed by atoms with Crippen LogP contribution in [0.1, 0.15) is 25.3 Å². The Morgan fingerprint density at radius 2 is 1.86 bits per heavy atom. The van der Waals surface area contributed by atoms with Gasteiger partial charge in [0.1, 0.15) is 33.9 Å². The maximum atomic E-state index is 15.0. The monoisotopic (exact) mass is 422 g/mol. The first-order valence-electron chi connectivity index (χ1n) is 8.80. The van der Waals surface area contributed by atoms with Crippen LogP contribution in [0, 0.1) is 17.6 Å². The number of hydrogen-bond donors (Lipinski definition) is 1. The number of anilines is 1. The number of aromatic nitrogens is 4. The lowest BCUT2D eigenvalue weighted by Crippen LogP contribution is -2.35. The number of benzene rings is 1. The molecule has 0 aliphatic carbocycles. The number of hydrogen-bond acceptors (Lipinski definition) is 5. The van der Waals surface area contributed by atoms with E-state index in [-0.39, 0.29) is 32.6 Å². The van der Waals surface area contributed by atoms with Gasteiger partial charge in [0, 0.05) is 18.7 Å². The van der Waals surface area contributed by atoms with Crippen LogP contribution in [-0.4, -0.2) is 37.7 Å². The lowest BCUT2D eigenvalue weighted by Gasteiger charge is -2.33. The van der Waals surface area contributed by atoms with Crippen LogP contribution in [0.2, 0.25) is 5.15 Å². The second-order valence-corrected chi connectivity index (χ2v) is 7.72. The van der Waals surface area contributed by atoms with Crippen LogP contribution in [0.25, 0.3) is 16.9 Å². The van der Waals surface area contributed by atoms with Crippen molar-refractivity contribution in [3.05, 3.63) is 40.8 Å². The lowest BCUT2D eigenvalue weighted by molar-refractivity contribution is 0.435. The van der Waals surface area contributed by atoms with Crippen molar-refractivity contribution in [2.24, 2.45) is 11.7 Å². The fraction of sp³-hybridized carbons (Fsp3) is 0.333. The Morgan fingerprint density at radius 3 is 2.46 bits per heavy atom. The van der Waals surface area contributed by atoms with Crippen LogP contribution >= 0.6 is 23.8 Å². The normalized spacial score (nSPS) is 15.4. The summed E-state index contributed by atoms with van der Waals surface area (Å²) in [5, 5.41) is 4.16. The zero-order valence-electron chi connectivity index (χ0n) is 15.0. The van der Waals surface area contributed by atoms with E-state index in [1.807, 2.05) is 4.90 Å². The molecule has 1 aliphatic heterocycles. The topological polar surface area (TPSA) is 72.3 Å². The van der Waals surface area contributed by atoms with E-state index in [1.54, 1.807) is 0 Å². The molecule has 0 amide bonds. The van der Waals surface area contributed by atoms with Crippen LogP contribution in [-0.2, 0) is 0 Å². The maximum absolute atomic E-state index is 15.0. The molecular weight excluding hydrogens is 406 g/mol. The van der Waals surface area contributed by atoms with Gasteiger partial charge >= 0.3 is 0 Å². The summed E-state index contributed by atoms with van der Waals surface area (Å²) < 4.78 is 31.4. The molecule has 0 saturated carbocycles. The molecule has 6 nitrogen and oxygen atoms in total. The third-order valence-electron chi connectivity index (χ3n) is 5.02. The molecule has 3 aromatic rings. The van der Waals surface area contributed by atoms with E-state index in [9.17, 15) is 8.78 Å². The zero-order chi connectivity index (χ0) is 20.0. The Kier molecular flexibility index (Phi) is 4.88. The highest BCUT2D eigenvalue weighted by Gasteiger charge is 2.29. The zero-order valence-corrected chi connectivity index (χ0v) is 16.6. The molecule has 3 heterocycles. The molecule has 1 aromatic carbocycles. The van der Waals surface area contributed by atoms with Gasteiger partial charge in [0.2, 0.25) is 0 Å². The first-order valence-corrected chi connectivity index (χ1v) is 9.59. The first kappa shape index (κ1) is 18.9. The summed E-state index contributed by atoms with van der Waals surface area (Å²) in [6.07, 6.45) is 3.23. The van der Waals surface area contributed by atoms with Gasteiger partial charge in [0.25, 0.3) is 5.78 Å². The van der Waals surface area contributed by atoms with Crippen LogP contribution in [0.3, 0.4) is 0 Å². The highest BCUT2D eigenvalue weighted by Crippen LogP contribution is 2.40. The van der Waals surface area contributed by atoms with E-state index >= 15 is 0 Å². The van der Waals surface area contributed by atoms with Crippen LogP contribution in [0.5, 0.6) is 0 Å².